The van der Waals surface area contributed by atoms with Gasteiger partial charge < -0.3 is 14.6 Å². The molecule has 3 atom stereocenters. The maximum absolute atomic E-state index is 12.8. The van der Waals surface area contributed by atoms with Crippen LogP contribution < -0.4 is 5.56 Å². The van der Waals surface area contributed by atoms with Crippen LogP contribution in [0.4, 0.5) is 0 Å². The number of carbonyl (C=O) groups excluding carboxylic acids is 2. The van der Waals surface area contributed by atoms with E-state index in [4.69, 9.17) is 4.74 Å². The number of para-hydroxylation sites is 1. The van der Waals surface area contributed by atoms with Crippen molar-refractivity contribution in [2.75, 3.05) is 0 Å². The zero-order valence-electron chi connectivity index (χ0n) is 15.3. The van der Waals surface area contributed by atoms with Crippen LogP contribution in [-0.2, 0) is 9.53 Å². The Kier molecular flexibility index (Phi) is 5.11. The molecule has 6 nitrogen and oxygen atoms in total. The molecule has 1 saturated heterocycles. The van der Waals surface area contributed by atoms with Gasteiger partial charge in [-0.15, -0.1) is 0 Å². The monoisotopic (exact) mass is 356 g/mol. The molecule has 0 radical (unpaired) electrons. The number of ether oxygens (including phenoxy) is 1. The standard InChI is InChI=1S/C20H24N2O4/c1-12-7-6-8-13(2)22(12)19(24)14(3)26-20(25)16-11-18(23)21-17-10-5-4-9-15(16)17/h4-5,9-14H,6-8H2,1-3H3,(H,21,23)/t12-,13-,14-/m1/s1. The van der Waals surface area contributed by atoms with E-state index >= 15 is 0 Å². The van der Waals surface area contributed by atoms with Crippen molar-refractivity contribution in [2.45, 2.75) is 58.2 Å². The largest absolute Gasteiger partial charge is 0.449 e. The number of fused-ring (bicyclic) bond motifs is 1. The summed E-state index contributed by atoms with van der Waals surface area (Å²) >= 11 is 0. The number of rotatable bonds is 3. The number of esters is 1. The lowest BCUT2D eigenvalue weighted by Crippen LogP contribution is -2.51. The summed E-state index contributed by atoms with van der Waals surface area (Å²) in [6.45, 7) is 5.63. The molecule has 2 aromatic rings. The van der Waals surface area contributed by atoms with Gasteiger partial charge in [0.2, 0.25) is 5.56 Å². The third-order valence-electron chi connectivity index (χ3n) is 5.05. The highest BCUT2D eigenvalue weighted by Gasteiger charge is 2.33. The number of benzene rings is 1. The van der Waals surface area contributed by atoms with Crippen molar-refractivity contribution in [3.63, 3.8) is 0 Å². The highest BCUT2D eigenvalue weighted by atomic mass is 16.5. The van der Waals surface area contributed by atoms with Gasteiger partial charge in [0, 0.05) is 29.1 Å². The minimum Gasteiger partial charge on any atom is -0.449 e. The molecule has 0 aliphatic carbocycles. The maximum atomic E-state index is 12.8. The Bertz CT molecular complexity index is 879. The number of pyridine rings is 1. The van der Waals surface area contributed by atoms with E-state index in [-0.39, 0.29) is 29.1 Å². The average molecular weight is 356 g/mol. The molecule has 0 saturated carbocycles. The van der Waals surface area contributed by atoms with E-state index in [1.807, 2.05) is 18.7 Å². The number of piperidine rings is 1. The van der Waals surface area contributed by atoms with Crippen LogP contribution in [0, 0.1) is 0 Å². The van der Waals surface area contributed by atoms with Gasteiger partial charge in [-0.3, -0.25) is 9.59 Å². The summed E-state index contributed by atoms with van der Waals surface area (Å²) in [7, 11) is 0. The van der Waals surface area contributed by atoms with Gasteiger partial charge in [-0.25, -0.2) is 4.79 Å². The Morgan fingerprint density at radius 2 is 1.85 bits per heavy atom. The normalized spacial score (nSPS) is 21.4. The number of carbonyl (C=O) groups is 2. The van der Waals surface area contributed by atoms with Crippen molar-refractivity contribution in [3.05, 3.63) is 46.2 Å². The van der Waals surface area contributed by atoms with Gasteiger partial charge in [-0.1, -0.05) is 18.2 Å². The molecule has 0 unspecified atom stereocenters. The first kappa shape index (κ1) is 18.2. The topological polar surface area (TPSA) is 79.5 Å². The lowest BCUT2D eigenvalue weighted by atomic mass is 9.97. The van der Waals surface area contributed by atoms with E-state index in [1.54, 1.807) is 31.2 Å². The highest BCUT2D eigenvalue weighted by molar-refractivity contribution is 6.03. The van der Waals surface area contributed by atoms with Crippen LogP contribution in [0.25, 0.3) is 10.9 Å². The summed E-state index contributed by atoms with van der Waals surface area (Å²) in [5.74, 6) is -0.849. The van der Waals surface area contributed by atoms with Crippen LogP contribution in [0.15, 0.2) is 35.1 Å². The summed E-state index contributed by atoms with van der Waals surface area (Å²) in [6.07, 6.45) is 2.10. The number of nitrogens with zero attached hydrogens (tertiary/aromatic N) is 1. The molecule has 0 spiro atoms. The van der Waals surface area contributed by atoms with Gasteiger partial charge in [-0.2, -0.15) is 0 Å². The van der Waals surface area contributed by atoms with E-state index in [0.29, 0.717) is 10.9 Å². The molecule has 1 aromatic heterocycles. The fraction of sp³-hybridized carbons (Fsp3) is 0.450. The lowest BCUT2D eigenvalue weighted by Gasteiger charge is -2.40. The van der Waals surface area contributed by atoms with E-state index in [1.165, 1.54) is 6.07 Å². The number of nitrogens with one attached hydrogen (secondary N) is 1. The van der Waals surface area contributed by atoms with Crippen molar-refractivity contribution >= 4 is 22.8 Å². The summed E-state index contributed by atoms with van der Waals surface area (Å²) in [5.41, 5.74) is 0.348. The number of aromatic amines is 1. The second-order valence-corrected chi connectivity index (χ2v) is 7.01. The smallest absolute Gasteiger partial charge is 0.339 e. The molecule has 1 aliphatic heterocycles. The Hall–Kier alpha value is -2.63. The van der Waals surface area contributed by atoms with Crippen molar-refractivity contribution in [3.8, 4) is 0 Å². The minimum absolute atomic E-state index is 0.132. The van der Waals surface area contributed by atoms with Crippen molar-refractivity contribution in [1.29, 1.82) is 0 Å². The first-order valence-corrected chi connectivity index (χ1v) is 9.03. The predicted octanol–water partition coefficient (Wildman–Crippen LogP) is 2.86. The average Bonchev–Trinajstić information content (AvgIpc) is 2.60. The molecule has 1 aliphatic rings. The van der Waals surface area contributed by atoms with Gasteiger partial charge in [0.15, 0.2) is 6.10 Å². The van der Waals surface area contributed by atoms with E-state index in [9.17, 15) is 14.4 Å². The van der Waals surface area contributed by atoms with Gasteiger partial charge in [0.05, 0.1) is 5.56 Å². The van der Waals surface area contributed by atoms with Gasteiger partial charge in [-0.05, 0) is 46.1 Å². The summed E-state index contributed by atoms with van der Waals surface area (Å²) < 4.78 is 5.43. The molecular formula is C20H24N2O4. The first-order valence-electron chi connectivity index (χ1n) is 9.03. The SMILES string of the molecule is C[C@@H]1CCC[C@@H](C)N1C(=O)[C@@H](C)OC(=O)c1cc(=O)[nH]c2ccccc12. The minimum atomic E-state index is -0.899. The van der Waals surface area contributed by atoms with Crippen LogP contribution in [0.1, 0.15) is 50.4 Å². The highest BCUT2D eigenvalue weighted by Crippen LogP contribution is 2.24. The number of hydrogen-bond donors (Lipinski definition) is 1. The molecule has 1 amide bonds. The maximum Gasteiger partial charge on any atom is 0.339 e. The van der Waals surface area contributed by atoms with E-state index < -0.39 is 12.1 Å². The zero-order valence-corrected chi connectivity index (χ0v) is 15.3. The Labute approximate surface area is 152 Å². The fourth-order valence-corrected chi connectivity index (χ4v) is 3.71. The summed E-state index contributed by atoms with van der Waals surface area (Å²) in [6, 6.07) is 8.50. The fourth-order valence-electron chi connectivity index (χ4n) is 3.71. The summed E-state index contributed by atoms with van der Waals surface area (Å²) in [4.78, 5) is 41.7. The second-order valence-electron chi connectivity index (χ2n) is 7.01. The Morgan fingerprint density at radius 1 is 1.19 bits per heavy atom. The molecule has 6 heteroatoms. The number of amides is 1. The lowest BCUT2D eigenvalue weighted by molar-refractivity contribution is -0.146. The molecule has 1 fully saturated rings. The molecular weight excluding hydrogens is 332 g/mol. The van der Waals surface area contributed by atoms with Gasteiger partial charge in [0.1, 0.15) is 0 Å². The summed E-state index contributed by atoms with van der Waals surface area (Å²) in [5, 5.41) is 0.594. The van der Waals surface area contributed by atoms with Crippen LogP contribution in [0.3, 0.4) is 0 Å². The number of hydrogen-bond acceptors (Lipinski definition) is 4. The van der Waals surface area contributed by atoms with Crippen LogP contribution in [-0.4, -0.2) is 39.9 Å². The Morgan fingerprint density at radius 3 is 2.54 bits per heavy atom. The quantitative estimate of drug-likeness (QED) is 0.858. The molecule has 0 bridgehead atoms. The van der Waals surface area contributed by atoms with Gasteiger partial charge >= 0.3 is 5.97 Å². The van der Waals surface area contributed by atoms with Crippen molar-refractivity contribution < 1.29 is 14.3 Å². The molecule has 26 heavy (non-hydrogen) atoms. The van der Waals surface area contributed by atoms with E-state index in [2.05, 4.69) is 4.98 Å². The third kappa shape index (κ3) is 3.49. The van der Waals surface area contributed by atoms with E-state index in [0.717, 1.165) is 19.3 Å². The Balaban J connectivity index is 1.82. The number of aromatic nitrogens is 1. The molecule has 1 aromatic carbocycles. The van der Waals surface area contributed by atoms with Crippen LogP contribution in [0.2, 0.25) is 0 Å². The zero-order chi connectivity index (χ0) is 18.8. The molecule has 138 valence electrons. The third-order valence-corrected chi connectivity index (χ3v) is 5.05. The van der Waals surface area contributed by atoms with Crippen molar-refractivity contribution in [2.24, 2.45) is 0 Å². The number of H-pyrrole nitrogens is 1. The second kappa shape index (κ2) is 7.32. The first-order chi connectivity index (χ1) is 12.4. The molecule has 2 heterocycles. The predicted molar refractivity (Wildman–Crippen MR) is 99.1 cm³/mol. The number of likely N-dealkylation sites (tertiary alicyclic amines) is 1. The molecule has 1 N–H and O–H groups in total. The van der Waals surface area contributed by atoms with Crippen LogP contribution in [0.5, 0.6) is 0 Å². The molecule has 3 rings (SSSR count). The van der Waals surface area contributed by atoms with Crippen LogP contribution >= 0.6 is 0 Å². The van der Waals surface area contributed by atoms with Gasteiger partial charge in [0.25, 0.3) is 5.91 Å². The van der Waals surface area contributed by atoms with Crippen molar-refractivity contribution in [1.82, 2.24) is 9.88 Å².